The lowest BCUT2D eigenvalue weighted by molar-refractivity contribution is -0.118. The molecule has 0 radical (unpaired) electrons. The highest BCUT2D eigenvalue weighted by molar-refractivity contribution is 7.99. The third-order valence-corrected chi connectivity index (χ3v) is 4.84. The van der Waals surface area contributed by atoms with Crippen molar-refractivity contribution in [3.63, 3.8) is 0 Å². The Hall–Kier alpha value is -2.84. The molecule has 0 aliphatic rings. The number of aromatic nitrogens is 2. The van der Waals surface area contributed by atoms with E-state index in [1.54, 1.807) is 42.5 Å². The van der Waals surface area contributed by atoms with Gasteiger partial charge in [-0.1, -0.05) is 35.5 Å². The van der Waals surface area contributed by atoms with E-state index < -0.39 is 5.91 Å². The fourth-order valence-electron chi connectivity index (χ4n) is 2.38. The number of hydrogen-bond acceptors (Lipinski definition) is 6. The van der Waals surface area contributed by atoms with Crippen molar-refractivity contribution < 1.29 is 14.0 Å². The van der Waals surface area contributed by atoms with E-state index in [1.807, 2.05) is 6.07 Å². The van der Waals surface area contributed by atoms with Crippen molar-refractivity contribution in [3.05, 3.63) is 64.7 Å². The van der Waals surface area contributed by atoms with Crippen molar-refractivity contribution in [2.75, 3.05) is 12.3 Å². The summed E-state index contributed by atoms with van der Waals surface area (Å²) in [7, 11) is 0. The maximum absolute atomic E-state index is 12.0. The Morgan fingerprint density at radius 3 is 2.68 bits per heavy atom. The van der Waals surface area contributed by atoms with Crippen LogP contribution in [0.25, 0.3) is 11.5 Å². The van der Waals surface area contributed by atoms with Gasteiger partial charge in [0.2, 0.25) is 17.7 Å². The molecule has 0 aliphatic carbocycles. The number of carbonyl (C=O) groups excluding carboxylic acids is 2. The molecule has 3 rings (SSSR count). The topological polar surface area (TPSA) is 111 Å². The Morgan fingerprint density at radius 1 is 1.14 bits per heavy atom. The smallest absolute Gasteiger partial charge is 0.277 e. The van der Waals surface area contributed by atoms with E-state index >= 15 is 0 Å². The van der Waals surface area contributed by atoms with E-state index in [0.29, 0.717) is 34.7 Å². The highest BCUT2D eigenvalue weighted by atomic mass is 35.5. The number of benzene rings is 2. The van der Waals surface area contributed by atoms with Gasteiger partial charge < -0.3 is 15.5 Å². The predicted octanol–water partition coefficient (Wildman–Crippen LogP) is 2.94. The summed E-state index contributed by atoms with van der Waals surface area (Å²) in [6, 6.07) is 14.1. The minimum Gasteiger partial charge on any atom is -0.411 e. The summed E-state index contributed by atoms with van der Waals surface area (Å²) in [5.41, 5.74) is 7.39. The zero-order valence-corrected chi connectivity index (χ0v) is 16.3. The molecule has 0 fully saturated rings. The van der Waals surface area contributed by atoms with E-state index in [4.69, 9.17) is 21.8 Å². The second-order valence-electron chi connectivity index (χ2n) is 5.83. The molecule has 0 aliphatic heterocycles. The first kappa shape index (κ1) is 19.9. The van der Waals surface area contributed by atoms with Crippen molar-refractivity contribution in [1.29, 1.82) is 0 Å². The summed E-state index contributed by atoms with van der Waals surface area (Å²) in [5, 5.41) is 11.6. The van der Waals surface area contributed by atoms with E-state index in [-0.39, 0.29) is 11.7 Å². The fraction of sp³-hybridized carbons (Fsp3) is 0.158. The Balaban J connectivity index is 1.44. The van der Waals surface area contributed by atoms with Crippen molar-refractivity contribution in [2.45, 2.75) is 11.6 Å². The number of primary amides is 1. The first-order chi connectivity index (χ1) is 13.5. The summed E-state index contributed by atoms with van der Waals surface area (Å²) in [6.45, 7) is 0.446. The Morgan fingerprint density at radius 2 is 1.93 bits per heavy atom. The van der Waals surface area contributed by atoms with Crippen LogP contribution in [0.3, 0.4) is 0 Å². The van der Waals surface area contributed by atoms with Crippen LogP contribution in [0.4, 0.5) is 0 Å². The molecule has 28 heavy (non-hydrogen) atoms. The third-order valence-electron chi connectivity index (χ3n) is 3.77. The molecule has 0 spiro atoms. The number of hydrogen-bond donors (Lipinski definition) is 2. The molecule has 0 bridgehead atoms. The van der Waals surface area contributed by atoms with E-state index in [9.17, 15) is 9.59 Å². The van der Waals surface area contributed by atoms with Gasteiger partial charge in [-0.2, -0.15) is 0 Å². The standard InChI is InChI=1S/C19H17ClN4O3S/c20-15-6-4-13(5-7-15)18-23-24-19(27-18)28-11-16(25)22-9-8-12-2-1-3-14(10-12)17(21)26/h1-7,10H,8-9,11H2,(H2,21,26)(H,22,25). The first-order valence-corrected chi connectivity index (χ1v) is 9.75. The van der Waals surface area contributed by atoms with E-state index in [0.717, 1.165) is 22.9 Å². The lowest BCUT2D eigenvalue weighted by Crippen LogP contribution is -2.27. The predicted molar refractivity (Wildman–Crippen MR) is 107 cm³/mol. The van der Waals surface area contributed by atoms with Crippen molar-refractivity contribution >= 4 is 35.2 Å². The van der Waals surface area contributed by atoms with Gasteiger partial charge in [0.15, 0.2) is 0 Å². The maximum Gasteiger partial charge on any atom is 0.277 e. The Labute approximate surface area is 170 Å². The molecule has 2 aromatic carbocycles. The molecule has 2 amide bonds. The van der Waals surface area contributed by atoms with Crippen molar-refractivity contribution in [2.24, 2.45) is 5.73 Å². The van der Waals surface area contributed by atoms with Gasteiger partial charge in [-0.25, -0.2) is 0 Å². The number of amides is 2. The number of rotatable bonds is 8. The summed E-state index contributed by atoms with van der Waals surface area (Å²) < 4.78 is 5.54. The summed E-state index contributed by atoms with van der Waals surface area (Å²) in [5.74, 6) is -0.0974. The van der Waals surface area contributed by atoms with Crippen LogP contribution in [-0.4, -0.2) is 34.3 Å². The van der Waals surface area contributed by atoms with Gasteiger partial charge in [0.1, 0.15) is 0 Å². The fourth-order valence-corrected chi connectivity index (χ4v) is 3.10. The van der Waals surface area contributed by atoms with Crippen LogP contribution >= 0.6 is 23.4 Å². The Bertz CT molecular complexity index is 975. The van der Waals surface area contributed by atoms with E-state index in [1.165, 1.54) is 0 Å². The SMILES string of the molecule is NC(=O)c1cccc(CCNC(=O)CSc2nnc(-c3ccc(Cl)cc3)o2)c1. The Kier molecular flexibility index (Phi) is 6.67. The van der Waals surface area contributed by atoms with Gasteiger partial charge in [0.25, 0.3) is 5.22 Å². The second kappa shape index (κ2) is 9.38. The van der Waals surface area contributed by atoms with Gasteiger partial charge in [-0.3, -0.25) is 9.59 Å². The number of nitrogens with two attached hydrogens (primary N) is 1. The van der Waals surface area contributed by atoms with Crippen LogP contribution in [-0.2, 0) is 11.2 Å². The van der Waals surface area contributed by atoms with Crippen LogP contribution in [0.1, 0.15) is 15.9 Å². The summed E-state index contributed by atoms with van der Waals surface area (Å²) in [6.07, 6.45) is 0.596. The minimum atomic E-state index is -0.472. The van der Waals surface area contributed by atoms with Crippen LogP contribution < -0.4 is 11.1 Å². The molecule has 144 valence electrons. The molecule has 7 nitrogen and oxygen atoms in total. The molecule has 3 aromatic rings. The van der Waals surface area contributed by atoms with Crippen LogP contribution in [0.15, 0.2) is 58.2 Å². The van der Waals surface area contributed by atoms with Gasteiger partial charge in [-0.15, -0.1) is 10.2 Å². The average Bonchev–Trinajstić information content (AvgIpc) is 3.16. The largest absolute Gasteiger partial charge is 0.411 e. The average molecular weight is 417 g/mol. The van der Waals surface area contributed by atoms with Gasteiger partial charge in [0.05, 0.1) is 5.75 Å². The van der Waals surface area contributed by atoms with Crippen molar-refractivity contribution in [3.8, 4) is 11.5 Å². The number of halogens is 1. The van der Waals surface area contributed by atoms with Gasteiger partial charge in [0, 0.05) is 22.7 Å². The minimum absolute atomic E-state index is 0.151. The number of nitrogens with zero attached hydrogens (tertiary/aromatic N) is 2. The molecule has 1 aromatic heterocycles. The molecule has 1 heterocycles. The normalized spacial score (nSPS) is 10.6. The summed E-state index contributed by atoms with van der Waals surface area (Å²) in [4.78, 5) is 23.2. The highest BCUT2D eigenvalue weighted by Gasteiger charge is 2.11. The van der Waals surface area contributed by atoms with Gasteiger partial charge >= 0.3 is 0 Å². The molecule has 0 saturated heterocycles. The molecule has 0 saturated carbocycles. The molecule has 3 N–H and O–H groups in total. The van der Waals surface area contributed by atoms with Crippen molar-refractivity contribution in [1.82, 2.24) is 15.5 Å². The lowest BCUT2D eigenvalue weighted by atomic mass is 10.1. The molecular formula is C19H17ClN4O3S. The molecule has 0 atom stereocenters. The van der Waals surface area contributed by atoms with E-state index in [2.05, 4.69) is 15.5 Å². The zero-order valence-electron chi connectivity index (χ0n) is 14.7. The molecule has 9 heteroatoms. The summed E-state index contributed by atoms with van der Waals surface area (Å²) >= 11 is 7.02. The number of nitrogens with one attached hydrogen (secondary N) is 1. The van der Waals surface area contributed by atoms with Crippen LogP contribution in [0.2, 0.25) is 5.02 Å². The quantitative estimate of drug-likeness (QED) is 0.546. The molecular weight excluding hydrogens is 400 g/mol. The van der Waals surface area contributed by atoms with Gasteiger partial charge in [-0.05, 0) is 48.4 Å². The number of thioether (sulfide) groups is 1. The third kappa shape index (κ3) is 5.58. The van der Waals surface area contributed by atoms with Crippen LogP contribution in [0.5, 0.6) is 0 Å². The monoisotopic (exact) mass is 416 g/mol. The highest BCUT2D eigenvalue weighted by Crippen LogP contribution is 2.24. The second-order valence-corrected chi connectivity index (χ2v) is 7.20. The first-order valence-electron chi connectivity index (χ1n) is 8.39. The lowest BCUT2D eigenvalue weighted by Gasteiger charge is -2.05. The maximum atomic E-state index is 12.0. The number of carbonyl (C=O) groups is 2. The molecule has 0 unspecified atom stereocenters. The zero-order chi connectivity index (χ0) is 19.9. The van der Waals surface area contributed by atoms with Crippen LogP contribution in [0, 0.1) is 0 Å².